The highest BCUT2D eigenvalue weighted by molar-refractivity contribution is 5.69. The highest BCUT2D eigenvalue weighted by Crippen LogP contribution is 2.52. The Hall–Kier alpha value is -0.850. The molecular weight excluding hydrogens is 284 g/mol. The Balaban J connectivity index is 1.69. The van der Waals surface area contributed by atoms with Gasteiger partial charge in [0.15, 0.2) is 0 Å². The summed E-state index contributed by atoms with van der Waals surface area (Å²) in [7, 11) is 0. The van der Waals surface area contributed by atoms with Crippen LogP contribution in [-0.4, -0.2) is 76.6 Å². The summed E-state index contributed by atoms with van der Waals surface area (Å²) in [5.41, 5.74) is -2.03. The molecule has 2 bridgehead atoms. The third kappa shape index (κ3) is 2.41. The minimum absolute atomic E-state index is 0.0210. The fourth-order valence-electron chi connectivity index (χ4n) is 4.38. The molecule has 0 aromatic carbocycles. The van der Waals surface area contributed by atoms with Gasteiger partial charge in [-0.1, -0.05) is 0 Å². The number of hydrogen-bond donors (Lipinski definition) is 2. The molecule has 4 heterocycles. The van der Waals surface area contributed by atoms with E-state index in [1.165, 1.54) is 0 Å². The average Bonchev–Trinajstić information content (AvgIpc) is 2.42. The molecule has 4 fully saturated rings. The van der Waals surface area contributed by atoms with E-state index in [1.54, 1.807) is 4.90 Å². The van der Waals surface area contributed by atoms with Gasteiger partial charge >= 0.3 is 6.09 Å². The number of aliphatic hydroxyl groups excluding tert-OH is 1. The van der Waals surface area contributed by atoms with Crippen molar-refractivity contribution in [1.29, 1.82) is 0 Å². The number of ether oxygens (including phenoxy) is 1. The summed E-state index contributed by atoms with van der Waals surface area (Å²) in [6.45, 7) is 8.83. The number of fused-ring (bicyclic) bond motifs is 3. The second-order valence-corrected chi connectivity index (χ2v) is 8.23. The van der Waals surface area contributed by atoms with E-state index in [4.69, 9.17) is 4.74 Å². The van der Waals surface area contributed by atoms with Gasteiger partial charge in [0, 0.05) is 12.0 Å². The van der Waals surface area contributed by atoms with E-state index in [1.807, 2.05) is 20.8 Å². The molecule has 2 N–H and O–H groups in total. The zero-order chi connectivity index (χ0) is 16.2. The number of hydrogen-bond acceptors (Lipinski definition) is 5. The molecule has 1 unspecified atom stereocenters. The van der Waals surface area contributed by atoms with Crippen molar-refractivity contribution in [2.75, 3.05) is 39.3 Å². The number of likely N-dealkylation sites (tertiary alicyclic amines) is 1. The minimum Gasteiger partial charge on any atom is -0.444 e. The molecule has 4 rings (SSSR count). The molecule has 0 saturated carbocycles. The predicted octanol–water partition coefficient (Wildman–Crippen LogP) is 0.672. The van der Waals surface area contributed by atoms with Gasteiger partial charge in [-0.3, -0.25) is 0 Å². The van der Waals surface area contributed by atoms with Crippen LogP contribution in [0.25, 0.3) is 0 Å². The lowest BCUT2D eigenvalue weighted by Crippen LogP contribution is -2.77. The number of nitrogens with zero attached hydrogens (tertiary/aromatic N) is 2. The number of β-amino-alcohol motifs (C(OH)–C–C–N with tert-alkyl or cyclic N) is 1. The van der Waals surface area contributed by atoms with Crippen LogP contribution >= 0.6 is 0 Å². The highest BCUT2D eigenvalue weighted by atomic mass is 16.6. The van der Waals surface area contributed by atoms with E-state index in [0.29, 0.717) is 5.92 Å². The Bertz CT molecular complexity index is 448. The van der Waals surface area contributed by atoms with Gasteiger partial charge in [0.2, 0.25) is 0 Å². The van der Waals surface area contributed by atoms with Gasteiger partial charge < -0.3 is 24.7 Å². The topological polar surface area (TPSA) is 73.2 Å². The second kappa shape index (κ2) is 5.08. The van der Waals surface area contributed by atoms with Crippen LogP contribution in [0.15, 0.2) is 0 Å². The summed E-state index contributed by atoms with van der Waals surface area (Å²) in [6, 6.07) is 0. The van der Waals surface area contributed by atoms with Gasteiger partial charge in [-0.25, -0.2) is 4.79 Å². The Morgan fingerprint density at radius 2 is 1.82 bits per heavy atom. The lowest BCUT2D eigenvalue weighted by Gasteiger charge is -2.63. The van der Waals surface area contributed by atoms with Crippen LogP contribution < -0.4 is 0 Å². The van der Waals surface area contributed by atoms with Crippen molar-refractivity contribution in [3.63, 3.8) is 0 Å². The number of piperidine rings is 3. The Kier molecular flexibility index (Phi) is 3.70. The summed E-state index contributed by atoms with van der Waals surface area (Å²) < 4.78 is 5.35. The molecule has 4 aliphatic rings. The zero-order valence-electron chi connectivity index (χ0n) is 13.8. The van der Waals surface area contributed by atoms with Crippen molar-refractivity contribution < 1.29 is 19.7 Å². The van der Waals surface area contributed by atoms with Gasteiger partial charge in [0.05, 0.1) is 19.7 Å². The van der Waals surface area contributed by atoms with E-state index in [0.717, 1.165) is 32.5 Å². The maximum Gasteiger partial charge on any atom is 0.410 e. The molecule has 0 aromatic rings. The fraction of sp³-hybridized carbons (Fsp3) is 0.938. The summed E-state index contributed by atoms with van der Waals surface area (Å²) in [4.78, 5) is 15.9. The number of aliphatic hydroxyl groups is 2. The molecule has 22 heavy (non-hydrogen) atoms. The third-order valence-corrected chi connectivity index (χ3v) is 5.64. The average molecular weight is 312 g/mol. The maximum atomic E-state index is 12.1. The quantitative estimate of drug-likeness (QED) is 0.784. The van der Waals surface area contributed by atoms with Crippen molar-refractivity contribution in [2.45, 2.75) is 44.8 Å². The minimum atomic E-state index is -0.998. The van der Waals surface area contributed by atoms with Gasteiger partial charge in [0.25, 0.3) is 0 Å². The van der Waals surface area contributed by atoms with Crippen LogP contribution in [0.5, 0.6) is 0 Å². The zero-order valence-corrected chi connectivity index (χ0v) is 13.8. The summed E-state index contributed by atoms with van der Waals surface area (Å²) >= 11 is 0. The highest BCUT2D eigenvalue weighted by Gasteiger charge is 2.64. The Morgan fingerprint density at radius 3 is 2.23 bits per heavy atom. The van der Waals surface area contributed by atoms with Crippen LogP contribution in [0.2, 0.25) is 0 Å². The monoisotopic (exact) mass is 312 g/mol. The van der Waals surface area contributed by atoms with Gasteiger partial charge in [-0.05, 0) is 52.6 Å². The largest absolute Gasteiger partial charge is 0.444 e. The molecule has 1 amide bonds. The van der Waals surface area contributed by atoms with Crippen LogP contribution in [0.3, 0.4) is 0 Å². The van der Waals surface area contributed by atoms with E-state index in [2.05, 4.69) is 4.90 Å². The number of amides is 1. The fourth-order valence-corrected chi connectivity index (χ4v) is 4.38. The molecule has 0 aliphatic carbocycles. The molecular formula is C16H28N2O4. The van der Waals surface area contributed by atoms with Crippen LogP contribution in [0, 0.1) is 11.3 Å². The standard InChI is InChI=1S/C16H28N2O4/c1-14(2,3)22-13(20)18-9-16(21,10-18)15(11-19)8-17-6-4-12(15)5-7-17/h12,19,21H,4-11H2,1-3H3. The Morgan fingerprint density at radius 1 is 1.23 bits per heavy atom. The normalized spacial score (nSPS) is 36.9. The Labute approximate surface area is 132 Å². The van der Waals surface area contributed by atoms with E-state index < -0.39 is 16.6 Å². The van der Waals surface area contributed by atoms with Gasteiger partial charge in [-0.15, -0.1) is 0 Å². The molecule has 4 saturated heterocycles. The first-order valence-corrected chi connectivity index (χ1v) is 8.23. The summed E-state index contributed by atoms with van der Waals surface area (Å²) in [5, 5.41) is 21.1. The van der Waals surface area contributed by atoms with Gasteiger partial charge in [0.1, 0.15) is 11.2 Å². The van der Waals surface area contributed by atoms with Crippen LogP contribution in [-0.2, 0) is 4.74 Å². The second-order valence-electron chi connectivity index (χ2n) is 8.23. The molecule has 0 aromatic heterocycles. The smallest absolute Gasteiger partial charge is 0.410 e. The molecule has 126 valence electrons. The number of carbonyl (C=O) groups is 1. The summed E-state index contributed by atoms with van der Waals surface area (Å²) in [6.07, 6.45) is 1.66. The first kappa shape index (κ1) is 16.0. The van der Waals surface area contributed by atoms with Crippen molar-refractivity contribution in [3.8, 4) is 0 Å². The number of carbonyl (C=O) groups excluding carboxylic acids is 1. The van der Waals surface area contributed by atoms with Crippen molar-refractivity contribution in [1.82, 2.24) is 9.80 Å². The first-order chi connectivity index (χ1) is 10.2. The van der Waals surface area contributed by atoms with Gasteiger partial charge in [-0.2, -0.15) is 0 Å². The lowest BCUT2D eigenvalue weighted by atomic mass is 9.56. The van der Waals surface area contributed by atoms with Crippen molar-refractivity contribution in [2.24, 2.45) is 11.3 Å². The third-order valence-electron chi connectivity index (χ3n) is 5.64. The molecule has 0 radical (unpaired) electrons. The SMILES string of the molecule is CC(C)(C)OC(=O)N1CC(O)(C2(CO)CN3CCC2CC3)C1. The molecule has 6 heteroatoms. The van der Waals surface area contributed by atoms with Crippen molar-refractivity contribution >= 4 is 6.09 Å². The summed E-state index contributed by atoms with van der Waals surface area (Å²) in [5.74, 6) is 0.341. The van der Waals surface area contributed by atoms with Crippen LogP contribution in [0.1, 0.15) is 33.6 Å². The molecule has 6 nitrogen and oxygen atoms in total. The van der Waals surface area contributed by atoms with E-state index >= 15 is 0 Å². The molecule has 0 spiro atoms. The van der Waals surface area contributed by atoms with E-state index in [9.17, 15) is 15.0 Å². The lowest BCUT2D eigenvalue weighted by molar-refractivity contribution is -0.236. The predicted molar refractivity (Wildman–Crippen MR) is 81.4 cm³/mol. The number of rotatable bonds is 2. The van der Waals surface area contributed by atoms with Crippen molar-refractivity contribution in [3.05, 3.63) is 0 Å². The molecule has 1 atom stereocenters. The molecule has 4 aliphatic heterocycles. The van der Waals surface area contributed by atoms with Crippen LogP contribution in [0.4, 0.5) is 4.79 Å². The first-order valence-electron chi connectivity index (χ1n) is 8.23. The van der Waals surface area contributed by atoms with E-state index in [-0.39, 0.29) is 25.8 Å². The maximum absolute atomic E-state index is 12.1.